The number of carbonyl (C=O) groups is 1. The molecule has 1 fully saturated rings. The number of anilines is 1. The van der Waals surface area contributed by atoms with Crippen molar-refractivity contribution in [1.29, 1.82) is 0 Å². The molecule has 3 N–H and O–H groups in total. The first-order valence-electron chi connectivity index (χ1n) is 8.12. The SMILES string of the molecule is Cc1ccc([C@H]2C[C@@H]2C(=O)NNC(=S)Nc2ccc([N+](=O)[O-])cc2)cc1. The van der Waals surface area contributed by atoms with E-state index in [-0.39, 0.29) is 28.5 Å². The summed E-state index contributed by atoms with van der Waals surface area (Å²) < 4.78 is 0. The molecule has 2 aromatic carbocycles. The van der Waals surface area contributed by atoms with Crippen molar-refractivity contribution in [2.75, 3.05) is 5.32 Å². The van der Waals surface area contributed by atoms with Gasteiger partial charge in [-0.25, -0.2) is 0 Å². The van der Waals surface area contributed by atoms with Gasteiger partial charge in [0.15, 0.2) is 5.11 Å². The van der Waals surface area contributed by atoms with Crippen molar-refractivity contribution in [2.45, 2.75) is 19.3 Å². The molecule has 1 amide bonds. The van der Waals surface area contributed by atoms with Crippen molar-refractivity contribution >= 4 is 34.6 Å². The fourth-order valence-electron chi connectivity index (χ4n) is 2.71. The van der Waals surface area contributed by atoms with Crippen LogP contribution in [0.15, 0.2) is 48.5 Å². The molecule has 1 aliphatic rings. The number of rotatable bonds is 4. The number of amides is 1. The average Bonchev–Trinajstić information content (AvgIpc) is 3.41. The molecule has 0 bridgehead atoms. The molecule has 0 heterocycles. The highest BCUT2D eigenvalue weighted by Gasteiger charge is 2.43. The van der Waals surface area contributed by atoms with Crippen molar-refractivity contribution in [2.24, 2.45) is 5.92 Å². The smallest absolute Gasteiger partial charge is 0.269 e. The number of hydrogen-bond donors (Lipinski definition) is 3. The summed E-state index contributed by atoms with van der Waals surface area (Å²) in [4.78, 5) is 22.4. The van der Waals surface area contributed by atoms with Gasteiger partial charge in [0.25, 0.3) is 5.69 Å². The largest absolute Gasteiger partial charge is 0.331 e. The Balaban J connectivity index is 1.45. The van der Waals surface area contributed by atoms with E-state index in [1.165, 1.54) is 23.3 Å². The van der Waals surface area contributed by atoms with Gasteiger partial charge in [0.2, 0.25) is 5.91 Å². The van der Waals surface area contributed by atoms with Crippen LogP contribution in [0.3, 0.4) is 0 Å². The van der Waals surface area contributed by atoms with Gasteiger partial charge in [-0.2, -0.15) is 0 Å². The minimum absolute atomic E-state index is 0.00129. The van der Waals surface area contributed by atoms with Crippen molar-refractivity contribution in [3.8, 4) is 0 Å². The Morgan fingerprint density at radius 2 is 1.77 bits per heavy atom. The Morgan fingerprint density at radius 1 is 1.12 bits per heavy atom. The van der Waals surface area contributed by atoms with E-state index in [1.54, 1.807) is 12.1 Å². The van der Waals surface area contributed by atoms with Gasteiger partial charge in [0.1, 0.15) is 0 Å². The molecule has 2 atom stereocenters. The second-order valence-electron chi connectivity index (χ2n) is 6.23. The molecule has 7 nitrogen and oxygen atoms in total. The van der Waals surface area contributed by atoms with Crippen LogP contribution in [0.4, 0.5) is 11.4 Å². The van der Waals surface area contributed by atoms with Crippen LogP contribution < -0.4 is 16.2 Å². The summed E-state index contributed by atoms with van der Waals surface area (Å²) in [5.74, 6) is 0.0735. The van der Waals surface area contributed by atoms with Crippen molar-refractivity contribution in [3.05, 3.63) is 69.8 Å². The van der Waals surface area contributed by atoms with Gasteiger partial charge >= 0.3 is 0 Å². The summed E-state index contributed by atoms with van der Waals surface area (Å²) in [6.07, 6.45) is 0.819. The Hall–Kier alpha value is -3.00. The van der Waals surface area contributed by atoms with Gasteiger partial charge in [-0.3, -0.25) is 25.8 Å². The fourth-order valence-corrected chi connectivity index (χ4v) is 2.88. The lowest BCUT2D eigenvalue weighted by atomic mass is 10.1. The summed E-state index contributed by atoms with van der Waals surface area (Å²) >= 11 is 5.11. The lowest BCUT2D eigenvalue weighted by molar-refractivity contribution is -0.384. The lowest BCUT2D eigenvalue weighted by Gasteiger charge is -2.11. The van der Waals surface area contributed by atoms with Crippen LogP contribution in [0, 0.1) is 23.0 Å². The van der Waals surface area contributed by atoms with Crippen LogP contribution in [0.2, 0.25) is 0 Å². The maximum atomic E-state index is 12.2. The molecule has 0 radical (unpaired) electrons. The van der Waals surface area contributed by atoms with Gasteiger partial charge in [0.05, 0.1) is 4.92 Å². The standard InChI is InChI=1S/C18H18N4O3S/c1-11-2-4-12(5-3-11)15-10-16(15)17(23)20-21-18(26)19-13-6-8-14(9-7-13)22(24)25/h2-9,15-16H,10H2,1H3,(H,20,23)(H2,19,21,26)/t15-,16+/m1/s1. The number of carbonyl (C=O) groups excluding carboxylic acids is 1. The normalized spacial score (nSPS) is 17.9. The highest BCUT2D eigenvalue weighted by atomic mass is 32.1. The van der Waals surface area contributed by atoms with Gasteiger partial charge < -0.3 is 5.32 Å². The Bertz CT molecular complexity index is 837. The highest BCUT2D eigenvalue weighted by Crippen LogP contribution is 2.47. The van der Waals surface area contributed by atoms with E-state index in [2.05, 4.69) is 28.3 Å². The number of nitrogens with zero attached hydrogens (tertiary/aromatic N) is 1. The number of hydrogen-bond acceptors (Lipinski definition) is 4. The zero-order chi connectivity index (χ0) is 18.7. The third-order valence-electron chi connectivity index (χ3n) is 4.27. The molecule has 0 spiro atoms. The van der Waals surface area contributed by atoms with E-state index in [0.717, 1.165) is 6.42 Å². The van der Waals surface area contributed by atoms with Gasteiger partial charge in [-0.1, -0.05) is 29.8 Å². The monoisotopic (exact) mass is 370 g/mol. The Labute approximate surface area is 155 Å². The molecule has 134 valence electrons. The molecule has 0 unspecified atom stereocenters. The highest BCUT2D eigenvalue weighted by molar-refractivity contribution is 7.80. The van der Waals surface area contributed by atoms with Crippen LogP contribution >= 0.6 is 12.2 Å². The summed E-state index contributed by atoms with van der Waals surface area (Å²) in [6, 6.07) is 14.0. The van der Waals surface area contributed by atoms with Gasteiger partial charge in [-0.05, 0) is 49.2 Å². The second kappa shape index (κ2) is 7.49. The third-order valence-corrected chi connectivity index (χ3v) is 4.47. The number of nitro benzene ring substituents is 1. The number of hydrazine groups is 1. The first-order chi connectivity index (χ1) is 12.4. The number of benzene rings is 2. The first-order valence-corrected chi connectivity index (χ1v) is 8.53. The molecule has 26 heavy (non-hydrogen) atoms. The molecule has 8 heteroatoms. The lowest BCUT2D eigenvalue weighted by Crippen LogP contribution is -2.44. The molecular weight excluding hydrogens is 352 g/mol. The average molecular weight is 370 g/mol. The topological polar surface area (TPSA) is 96.3 Å². The van der Waals surface area contributed by atoms with E-state index in [9.17, 15) is 14.9 Å². The quantitative estimate of drug-likeness (QED) is 0.435. The molecule has 1 saturated carbocycles. The Morgan fingerprint density at radius 3 is 2.38 bits per heavy atom. The molecule has 0 aliphatic heterocycles. The number of nitro groups is 1. The number of aryl methyl sites for hydroxylation is 1. The molecule has 1 aliphatic carbocycles. The third kappa shape index (κ3) is 4.34. The van der Waals surface area contributed by atoms with Crippen LogP contribution in [0.1, 0.15) is 23.5 Å². The Kier molecular flexibility index (Phi) is 5.13. The van der Waals surface area contributed by atoms with Crippen LogP contribution in [0.25, 0.3) is 0 Å². The maximum Gasteiger partial charge on any atom is 0.269 e. The summed E-state index contributed by atoms with van der Waals surface area (Å²) in [5.41, 5.74) is 8.21. The van der Waals surface area contributed by atoms with Gasteiger partial charge in [0, 0.05) is 23.7 Å². The molecule has 3 rings (SSSR count). The van der Waals surface area contributed by atoms with E-state index < -0.39 is 4.92 Å². The zero-order valence-corrected chi connectivity index (χ0v) is 14.9. The number of nitrogens with one attached hydrogen (secondary N) is 3. The molecule has 0 aromatic heterocycles. The number of thiocarbonyl (C=S) groups is 1. The fraction of sp³-hybridized carbons (Fsp3) is 0.222. The maximum absolute atomic E-state index is 12.2. The van der Waals surface area contributed by atoms with E-state index in [1.807, 2.05) is 19.1 Å². The number of non-ortho nitro benzene ring substituents is 1. The summed E-state index contributed by atoms with van der Waals surface area (Å²) in [5, 5.41) is 13.7. The molecular formula is C18H18N4O3S. The van der Waals surface area contributed by atoms with Crippen molar-refractivity contribution in [3.63, 3.8) is 0 Å². The summed E-state index contributed by atoms with van der Waals surface area (Å²) in [6.45, 7) is 2.03. The second-order valence-corrected chi connectivity index (χ2v) is 6.64. The van der Waals surface area contributed by atoms with Crippen LogP contribution in [-0.2, 0) is 4.79 Å². The van der Waals surface area contributed by atoms with E-state index in [4.69, 9.17) is 12.2 Å². The predicted octanol–water partition coefficient (Wildman–Crippen LogP) is 3.02. The molecule has 0 saturated heterocycles. The van der Waals surface area contributed by atoms with Crippen LogP contribution in [0.5, 0.6) is 0 Å². The van der Waals surface area contributed by atoms with E-state index in [0.29, 0.717) is 5.69 Å². The van der Waals surface area contributed by atoms with Crippen molar-refractivity contribution in [1.82, 2.24) is 10.9 Å². The van der Waals surface area contributed by atoms with Crippen LogP contribution in [-0.4, -0.2) is 15.9 Å². The van der Waals surface area contributed by atoms with E-state index >= 15 is 0 Å². The molecule has 2 aromatic rings. The zero-order valence-electron chi connectivity index (χ0n) is 14.1. The first kappa shape index (κ1) is 17.8. The predicted molar refractivity (Wildman–Crippen MR) is 103 cm³/mol. The van der Waals surface area contributed by atoms with Gasteiger partial charge in [-0.15, -0.1) is 0 Å². The minimum atomic E-state index is -0.472. The summed E-state index contributed by atoms with van der Waals surface area (Å²) in [7, 11) is 0. The van der Waals surface area contributed by atoms with Crippen molar-refractivity contribution < 1.29 is 9.72 Å². The minimum Gasteiger partial charge on any atom is -0.331 e.